The van der Waals surface area contributed by atoms with Gasteiger partial charge in [-0.3, -0.25) is 4.79 Å². The second-order valence-electron chi connectivity index (χ2n) is 6.25. The fourth-order valence-electron chi connectivity index (χ4n) is 2.44. The van der Waals surface area contributed by atoms with Crippen LogP contribution in [0.25, 0.3) is 0 Å². The van der Waals surface area contributed by atoms with Crippen molar-refractivity contribution in [1.82, 2.24) is 9.62 Å². The topological polar surface area (TPSA) is 75.7 Å². The predicted molar refractivity (Wildman–Crippen MR) is 105 cm³/mol. The van der Waals surface area contributed by atoms with Crippen molar-refractivity contribution in [1.29, 1.82) is 0 Å². The summed E-state index contributed by atoms with van der Waals surface area (Å²) in [6.07, 6.45) is 0.715. The van der Waals surface area contributed by atoms with Gasteiger partial charge in [-0.1, -0.05) is 35.9 Å². The normalized spacial score (nSPS) is 11.4. The molecule has 1 amide bonds. The van der Waals surface area contributed by atoms with Crippen molar-refractivity contribution in [2.45, 2.75) is 24.7 Å². The Balaban J connectivity index is 1.64. The summed E-state index contributed by atoms with van der Waals surface area (Å²) in [6.45, 7) is 3.08. The number of carbonyl (C=O) groups excluding carboxylic acids is 1. The Bertz CT molecular complexity index is 821. The van der Waals surface area contributed by atoms with E-state index >= 15 is 0 Å². The molecule has 0 saturated carbocycles. The van der Waals surface area contributed by atoms with Crippen molar-refractivity contribution in [3.63, 3.8) is 0 Å². The van der Waals surface area contributed by atoms with Crippen molar-refractivity contribution in [2.75, 3.05) is 26.7 Å². The van der Waals surface area contributed by atoms with Crippen LogP contribution in [0.5, 0.6) is 5.75 Å². The molecule has 0 radical (unpaired) electrons. The maximum Gasteiger partial charge on any atom is 0.242 e. The third kappa shape index (κ3) is 6.69. The second kappa shape index (κ2) is 10.1. The van der Waals surface area contributed by atoms with Crippen molar-refractivity contribution < 1.29 is 17.9 Å². The predicted octanol–water partition coefficient (Wildman–Crippen LogP) is 2.59. The van der Waals surface area contributed by atoms with Crippen LogP contribution >= 0.6 is 0 Å². The Morgan fingerprint density at radius 3 is 2.41 bits per heavy atom. The molecule has 0 heterocycles. The van der Waals surface area contributed by atoms with Gasteiger partial charge in [0.25, 0.3) is 0 Å². The number of benzene rings is 2. The van der Waals surface area contributed by atoms with Crippen LogP contribution < -0.4 is 10.1 Å². The SMILES string of the molecule is Cc1ccc(OCCNC(=O)CCCN(C)S(=O)(=O)c2ccccc2)cc1. The molecule has 2 aromatic rings. The Hall–Kier alpha value is -2.38. The molecule has 0 aliphatic carbocycles. The zero-order chi connectivity index (χ0) is 19.7. The molecule has 0 bridgehead atoms. The number of ether oxygens (including phenoxy) is 1. The monoisotopic (exact) mass is 390 g/mol. The largest absolute Gasteiger partial charge is 0.492 e. The van der Waals surface area contributed by atoms with E-state index in [1.54, 1.807) is 30.3 Å². The number of nitrogens with zero attached hydrogens (tertiary/aromatic N) is 1. The third-order valence-corrected chi connectivity index (χ3v) is 5.91. The molecule has 0 aliphatic rings. The molecule has 2 rings (SSSR count). The van der Waals surface area contributed by atoms with E-state index in [0.717, 1.165) is 11.3 Å². The zero-order valence-electron chi connectivity index (χ0n) is 15.7. The maximum absolute atomic E-state index is 12.4. The Kier molecular flexibility index (Phi) is 7.82. The number of hydrogen-bond donors (Lipinski definition) is 1. The fourth-order valence-corrected chi connectivity index (χ4v) is 3.67. The number of amides is 1. The van der Waals surface area contributed by atoms with E-state index in [0.29, 0.717) is 19.6 Å². The highest BCUT2D eigenvalue weighted by atomic mass is 32.2. The molecule has 0 unspecified atom stereocenters. The van der Waals surface area contributed by atoms with Crippen LogP contribution in [-0.2, 0) is 14.8 Å². The van der Waals surface area contributed by atoms with Gasteiger partial charge in [-0.15, -0.1) is 0 Å². The van der Waals surface area contributed by atoms with Gasteiger partial charge in [-0.2, -0.15) is 0 Å². The molecule has 1 N–H and O–H groups in total. The smallest absolute Gasteiger partial charge is 0.242 e. The molecule has 0 spiro atoms. The summed E-state index contributed by atoms with van der Waals surface area (Å²) < 4.78 is 31.6. The van der Waals surface area contributed by atoms with Gasteiger partial charge in [-0.05, 0) is 37.6 Å². The van der Waals surface area contributed by atoms with E-state index in [4.69, 9.17) is 4.74 Å². The molecule has 0 aliphatic heterocycles. The van der Waals surface area contributed by atoms with Crippen LogP contribution in [0.3, 0.4) is 0 Å². The average molecular weight is 391 g/mol. The number of hydrogen-bond acceptors (Lipinski definition) is 4. The summed E-state index contributed by atoms with van der Waals surface area (Å²) >= 11 is 0. The average Bonchev–Trinajstić information content (AvgIpc) is 2.67. The summed E-state index contributed by atoms with van der Waals surface area (Å²) in [6, 6.07) is 16.0. The first kappa shape index (κ1) is 20.9. The van der Waals surface area contributed by atoms with Gasteiger partial charge in [-0.25, -0.2) is 12.7 Å². The Labute approximate surface area is 161 Å². The third-order valence-electron chi connectivity index (χ3n) is 4.04. The number of nitrogens with one attached hydrogen (secondary N) is 1. The first-order valence-corrected chi connectivity index (χ1v) is 10.3. The van der Waals surface area contributed by atoms with E-state index in [1.807, 2.05) is 31.2 Å². The lowest BCUT2D eigenvalue weighted by molar-refractivity contribution is -0.121. The lowest BCUT2D eigenvalue weighted by Gasteiger charge is -2.17. The number of carbonyl (C=O) groups is 1. The molecule has 0 fully saturated rings. The molecule has 27 heavy (non-hydrogen) atoms. The van der Waals surface area contributed by atoms with Crippen LogP contribution in [0.1, 0.15) is 18.4 Å². The van der Waals surface area contributed by atoms with Gasteiger partial charge >= 0.3 is 0 Å². The lowest BCUT2D eigenvalue weighted by atomic mass is 10.2. The molecular formula is C20H26N2O4S. The molecule has 6 nitrogen and oxygen atoms in total. The van der Waals surface area contributed by atoms with Gasteiger partial charge < -0.3 is 10.1 Å². The maximum atomic E-state index is 12.4. The minimum atomic E-state index is -3.51. The number of rotatable bonds is 10. The van der Waals surface area contributed by atoms with Gasteiger partial charge in [0.2, 0.25) is 15.9 Å². The molecule has 0 saturated heterocycles. The van der Waals surface area contributed by atoms with Crippen LogP contribution in [0.15, 0.2) is 59.5 Å². The van der Waals surface area contributed by atoms with Crippen LogP contribution in [-0.4, -0.2) is 45.4 Å². The van der Waals surface area contributed by atoms with E-state index < -0.39 is 10.0 Å². The first-order chi connectivity index (χ1) is 12.9. The number of aryl methyl sites for hydroxylation is 1. The summed E-state index contributed by atoms with van der Waals surface area (Å²) in [5, 5.41) is 2.78. The lowest BCUT2D eigenvalue weighted by Crippen LogP contribution is -2.31. The van der Waals surface area contributed by atoms with Crippen molar-refractivity contribution in [2.24, 2.45) is 0 Å². The minimum absolute atomic E-state index is 0.118. The van der Waals surface area contributed by atoms with E-state index in [-0.39, 0.29) is 23.8 Å². The highest BCUT2D eigenvalue weighted by Gasteiger charge is 2.19. The van der Waals surface area contributed by atoms with Gasteiger partial charge in [0.15, 0.2) is 0 Å². The molecular weight excluding hydrogens is 364 g/mol. The van der Waals surface area contributed by atoms with Crippen LogP contribution in [0.4, 0.5) is 0 Å². The molecule has 0 atom stereocenters. The molecule has 146 valence electrons. The van der Waals surface area contributed by atoms with Gasteiger partial charge in [0.05, 0.1) is 11.4 Å². The highest BCUT2D eigenvalue weighted by Crippen LogP contribution is 2.14. The molecule has 2 aromatic carbocycles. The second-order valence-corrected chi connectivity index (χ2v) is 8.30. The summed E-state index contributed by atoms with van der Waals surface area (Å²) in [4.78, 5) is 12.1. The summed E-state index contributed by atoms with van der Waals surface area (Å²) in [5.74, 6) is 0.649. The standard InChI is InChI=1S/C20H26N2O4S/c1-17-10-12-18(13-11-17)26-16-14-21-20(23)9-6-15-22(2)27(24,25)19-7-4-3-5-8-19/h3-5,7-8,10-13H,6,9,14-16H2,1-2H3,(H,21,23). The zero-order valence-corrected chi connectivity index (χ0v) is 16.5. The molecule has 0 aromatic heterocycles. The van der Waals surface area contributed by atoms with E-state index in [2.05, 4.69) is 5.32 Å². The van der Waals surface area contributed by atoms with Crippen molar-refractivity contribution in [3.05, 3.63) is 60.2 Å². The highest BCUT2D eigenvalue weighted by molar-refractivity contribution is 7.89. The number of sulfonamides is 1. The van der Waals surface area contributed by atoms with Gasteiger partial charge in [0.1, 0.15) is 12.4 Å². The van der Waals surface area contributed by atoms with Crippen LogP contribution in [0, 0.1) is 6.92 Å². The Morgan fingerprint density at radius 1 is 1.07 bits per heavy atom. The van der Waals surface area contributed by atoms with Crippen LogP contribution in [0.2, 0.25) is 0 Å². The van der Waals surface area contributed by atoms with Crippen molar-refractivity contribution >= 4 is 15.9 Å². The quantitative estimate of drug-likeness (QED) is 0.633. The first-order valence-electron chi connectivity index (χ1n) is 8.87. The van der Waals surface area contributed by atoms with E-state index in [1.165, 1.54) is 11.4 Å². The van der Waals surface area contributed by atoms with E-state index in [9.17, 15) is 13.2 Å². The minimum Gasteiger partial charge on any atom is -0.492 e. The van der Waals surface area contributed by atoms with Crippen molar-refractivity contribution in [3.8, 4) is 5.75 Å². The van der Waals surface area contributed by atoms with Gasteiger partial charge in [0, 0.05) is 20.0 Å². The summed E-state index contributed by atoms with van der Waals surface area (Å²) in [5.41, 5.74) is 1.16. The Morgan fingerprint density at radius 2 is 1.74 bits per heavy atom. The molecule has 7 heteroatoms. The fraction of sp³-hybridized carbons (Fsp3) is 0.350. The summed E-state index contributed by atoms with van der Waals surface area (Å²) in [7, 11) is -1.99.